The molecule has 0 aliphatic carbocycles. The summed E-state index contributed by atoms with van der Waals surface area (Å²) in [7, 11) is 0. The van der Waals surface area contributed by atoms with Crippen molar-refractivity contribution in [1.29, 1.82) is 0 Å². The van der Waals surface area contributed by atoms with Crippen molar-refractivity contribution in [1.82, 2.24) is 14.3 Å². The van der Waals surface area contributed by atoms with Crippen molar-refractivity contribution < 1.29 is 14.0 Å². The van der Waals surface area contributed by atoms with Gasteiger partial charge in [0.25, 0.3) is 11.8 Å². The van der Waals surface area contributed by atoms with Crippen LogP contribution in [-0.2, 0) is 0 Å². The van der Waals surface area contributed by atoms with Crippen LogP contribution in [0.15, 0.2) is 48.7 Å². The minimum Gasteiger partial charge on any atom is -0.366 e. The largest absolute Gasteiger partial charge is 0.366 e. The Bertz CT molecular complexity index is 1290. The number of nitrogens with zero attached hydrogens (tertiary/aromatic N) is 3. The fourth-order valence-corrected chi connectivity index (χ4v) is 3.64. The Kier molecular flexibility index (Phi) is 5.07. The van der Waals surface area contributed by atoms with Crippen molar-refractivity contribution >= 4 is 50.9 Å². The third-order valence-electron chi connectivity index (χ3n) is 4.27. The lowest BCUT2D eigenvalue weighted by atomic mass is 10.1. The van der Waals surface area contributed by atoms with Crippen molar-refractivity contribution in [3.8, 4) is 0 Å². The van der Waals surface area contributed by atoms with E-state index in [4.69, 9.17) is 5.73 Å². The molecule has 0 unspecified atom stereocenters. The van der Waals surface area contributed by atoms with Gasteiger partial charge in [0.2, 0.25) is 0 Å². The molecular weight excluding hydrogens is 407 g/mol. The third kappa shape index (κ3) is 3.80. The molecule has 0 saturated heterocycles. The molecule has 2 heterocycles. The molecule has 0 fully saturated rings. The maximum absolute atomic E-state index is 14.0. The summed E-state index contributed by atoms with van der Waals surface area (Å²) >= 11 is 1.10. The molecule has 0 atom stereocenters. The number of aromatic nitrogens is 3. The molecule has 0 bridgehead atoms. The van der Waals surface area contributed by atoms with E-state index in [1.165, 1.54) is 12.1 Å². The van der Waals surface area contributed by atoms with E-state index in [1.807, 2.05) is 24.3 Å². The summed E-state index contributed by atoms with van der Waals surface area (Å²) in [6, 6.07) is 11.1. The molecule has 4 N–H and O–H groups in total. The predicted octanol–water partition coefficient (Wildman–Crippen LogP) is 3.63. The van der Waals surface area contributed by atoms with Crippen molar-refractivity contribution in [3.63, 3.8) is 0 Å². The van der Waals surface area contributed by atoms with Gasteiger partial charge in [-0.05, 0) is 48.8 Å². The van der Waals surface area contributed by atoms with Crippen LogP contribution in [0.2, 0.25) is 0 Å². The summed E-state index contributed by atoms with van der Waals surface area (Å²) in [5, 5.41) is 6.16. The predicted molar refractivity (Wildman–Crippen MR) is 113 cm³/mol. The highest BCUT2D eigenvalue weighted by molar-refractivity contribution is 7.10. The normalized spacial score (nSPS) is 10.7. The Morgan fingerprint density at radius 1 is 1.13 bits per heavy atom. The summed E-state index contributed by atoms with van der Waals surface area (Å²) in [5.74, 6) is -1.72. The second-order valence-corrected chi connectivity index (χ2v) is 7.13. The van der Waals surface area contributed by atoms with E-state index in [9.17, 15) is 14.0 Å². The number of carbonyl (C=O) groups is 2. The van der Waals surface area contributed by atoms with Gasteiger partial charge in [0.15, 0.2) is 0 Å². The SMILES string of the molecule is Cc1nsc(Nc2cnc3ccccc3n2)c1C(=O)Nc1ccc(C(N)=O)c(F)c1. The highest BCUT2D eigenvalue weighted by Gasteiger charge is 2.20. The van der Waals surface area contributed by atoms with Gasteiger partial charge in [-0.25, -0.2) is 9.37 Å². The van der Waals surface area contributed by atoms with E-state index in [0.29, 0.717) is 27.6 Å². The second-order valence-electron chi connectivity index (χ2n) is 6.35. The minimum absolute atomic E-state index is 0.185. The summed E-state index contributed by atoms with van der Waals surface area (Å²) in [6.07, 6.45) is 1.57. The van der Waals surface area contributed by atoms with Gasteiger partial charge in [0, 0.05) is 5.69 Å². The molecule has 0 saturated carbocycles. The fourth-order valence-electron chi connectivity index (χ4n) is 2.84. The number of amides is 2. The average molecular weight is 422 g/mol. The molecule has 2 aromatic heterocycles. The third-order valence-corrected chi connectivity index (χ3v) is 5.13. The Morgan fingerprint density at radius 2 is 1.90 bits per heavy atom. The first-order valence-corrected chi connectivity index (χ1v) is 9.55. The zero-order valence-electron chi connectivity index (χ0n) is 15.6. The monoisotopic (exact) mass is 422 g/mol. The van der Waals surface area contributed by atoms with Gasteiger partial charge in [0.05, 0.1) is 34.1 Å². The van der Waals surface area contributed by atoms with Crippen LogP contribution in [0, 0.1) is 12.7 Å². The van der Waals surface area contributed by atoms with Crippen molar-refractivity contribution in [2.45, 2.75) is 6.92 Å². The number of para-hydroxylation sites is 2. The van der Waals surface area contributed by atoms with Crippen LogP contribution in [0.5, 0.6) is 0 Å². The lowest BCUT2D eigenvalue weighted by Crippen LogP contribution is -2.16. The summed E-state index contributed by atoms with van der Waals surface area (Å²) in [6.45, 7) is 1.69. The lowest BCUT2D eigenvalue weighted by Gasteiger charge is -2.09. The first kappa shape index (κ1) is 19.4. The number of halogens is 1. The Morgan fingerprint density at radius 3 is 2.63 bits per heavy atom. The standard InChI is InChI=1S/C20H15FN6O2S/c1-10-17(19(29)24-11-6-7-12(18(22)28)13(21)8-11)20(30-27-10)26-16-9-23-14-4-2-3-5-15(14)25-16/h2-9H,1H3,(H2,22,28)(H,24,29)(H,25,26). The van der Waals surface area contributed by atoms with Crippen LogP contribution in [0.4, 0.5) is 20.9 Å². The highest BCUT2D eigenvalue weighted by atomic mass is 32.1. The van der Waals surface area contributed by atoms with Gasteiger partial charge in [-0.15, -0.1) is 0 Å². The number of carbonyl (C=O) groups excluding carboxylic acids is 2. The van der Waals surface area contributed by atoms with E-state index >= 15 is 0 Å². The number of hydrogen-bond donors (Lipinski definition) is 3. The number of primary amides is 1. The molecule has 0 radical (unpaired) electrons. The van der Waals surface area contributed by atoms with Gasteiger partial charge >= 0.3 is 0 Å². The smallest absolute Gasteiger partial charge is 0.260 e. The number of rotatable bonds is 5. The molecule has 4 rings (SSSR count). The topological polar surface area (TPSA) is 123 Å². The van der Waals surface area contributed by atoms with Crippen molar-refractivity contribution in [2.24, 2.45) is 5.73 Å². The summed E-state index contributed by atoms with van der Waals surface area (Å²) in [4.78, 5) is 32.8. The summed E-state index contributed by atoms with van der Waals surface area (Å²) < 4.78 is 18.2. The zero-order chi connectivity index (χ0) is 21.3. The Labute approximate surface area is 174 Å². The average Bonchev–Trinajstić information content (AvgIpc) is 3.07. The number of hydrogen-bond acceptors (Lipinski definition) is 7. The Balaban J connectivity index is 1.59. The maximum Gasteiger partial charge on any atom is 0.260 e. The molecule has 0 aliphatic heterocycles. The molecule has 10 heteroatoms. The van der Waals surface area contributed by atoms with Gasteiger partial charge in [-0.2, -0.15) is 4.37 Å². The number of benzene rings is 2. The molecule has 150 valence electrons. The molecule has 4 aromatic rings. The lowest BCUT2D eigenvalue weighted by molar-refractivity contribution is 0.0994. The molecule has 0 aliphatic rings. The molecule has 2 amide bonds. The van der Waals surface area contributed by atoms with Gasteiger partial charge < -0.3 is 16.4 Å². The fraction of sp³-hybridized carbons (Fsp3) is 0.0500. The maximum atomic E-state index is 14.0. The zero-order valence-corrected chi connectivity index (χ0v) is 16.5. The number of nitrogens with two attached hydrogens (primary N) is 1. The molecule has 30 heavy (non-hydrogen) atoms. The number of aryl methyl sites for hydroxylation is 1. The number of anilines is 3. The van der Waals surface area contributed by atoms with Crippen LogP contribution < -0.4 is 16.4 Å². The van der Waals surface area contributed by atoms with E-state index in [-0.39, 0.29) is 11.3 Å². The second kappa shape index (κ2) is 7.84. The first-order chi connectivity index (χ1) is 14.4. The summed E-state index contributed by atoms with van der Waals surface area (Å²) in [5.41, 5.74) is 7.30. The highest BCUT2D eigenvalue weighted by Crippen LogP contribution is 2.29. The number of nitrogens with one attached hydrogen (secondary N) is 2. The van der Waals surface area contributed by atoms with Gasteiger partial charge in [-0.3, -0.25) is 14.6 Å². The van der Waals surface area contributed by atoms with Crippen LogP contribution in [0.3, 0.4) is 0 Å². The first-order valence-electron chi connectivity index (χ1n) is 8.78. The van der Waals surface area contributed by atoms with Crippen molar-refractivity contribution in [2.75, 3.05) is 10.6 Å². The Hall–Kier alpha value is -3.92. The minimum atomic E-state index is -0.883. The number of fused-ring (bicyclic) bond motifs is 1. The molecule has 0 spiro atoms. The molecular formula is C20H15FN6O2S. The van der Waals surface area contributed by atoms with Crippen molar-refractivity contribution in [3.05, 3.63) is 71.3 Å². The van der Waals surface area contributed by atoms with Gasteiger partial charge in [-0.1, -0.05) is 12.1 Å². The van der Waals surface area contributed by atoms with Crippen LogP contribution in [-0.4, -0.2) is 26.2 Å². The van der Waals surface area contributed by atoms with E-state index in [0.717, 1.165) is 23.1 Å². The van der Waals surface area contributed by atoms with E-state index in [2.05, 4.69) is 25.0 Å². The van der Waals surface area contributed by atoms with Crippen LogP contribution in [0.25, 0.3) is 11.0 Å². The van der Waals surface area contributed by atoms with Gasteiger partial charge in [0.1, 0.15) is 16.6 Å². The van der Waals surface area contributed by atoms with Crippen LogP contribution in [0.1, 0.15) is 26.4 Å². The van der Waals surface area contributed by atoms with Crippen LogP contribution >= 0.6 is 11.5 Å². The quantitative estimate of drug-likeness (QED) is 0.451. The molecule has 2 aromatic carbocycles. The molecule has 8 nitrogen and oxygen atoms in total. The van der Waals surface area contributed by atoms with E-state index in [1.54, 1.807) is 13.1 Å². The van der Waals surface area contributed by atoms with E-state index < -0.39 is 17.6 Å².